The summed E-state index contributed by atoms with van der Waals surface area (Å²) in [6.07, 6.45) is 0. The van der Waals surface area contributed by atoms with Gasteiger partial charge in [-0.05, 0) is 48.0 Å². The number of amides is 1. The van der Waals surface area contributed by atoms with Crippen molar-refractivity contribution in [2.45, 2.75) is 6.54 Å². The molecule has 5 N–H and O–H groups in total. The van der Waals surface area contributed by atoms with Crippen molar-refractivity contribution in [3.8, 4) is 28.3 Å². The summed E-state index contributed by atoms with van der Waals surface area (Å²) in [5, 5.41) is 0.457. The fourth-order valence-corrected chi connectivity index (χ4v) is 3.80. The predicted octanol–water partition coefficient (Wildman–Crippen LogP) is 4.71. The molecule has 162 valence electrons. The molecule has 1 amide bonds. The van der Waals surface area contributed by atoms with E-state index in [9.17, 15) is 9.18 Å². The number of hydrazine groups is 1. The molecule has 0 aliphatic carbocycles. The quantitative estimate of drug-likeness (QED) is 0.223. The first kappa shape index (κ1) is 22.0. The van der Waals surface area contributed by atoms with E-state index in [1.807, 2.05) is 24.3 Å². The molecular formula is C23H18Cl2FN5O. The van der Waals surface area contributed by atoms with Crippen LogP contribution in [0.2, 0.25) is 10.0 Å². The van der Waals surface area contributed by atoms with E-state index in [2.05, 4.69) is 10.4 Å². The standard InChI is InChI=1S/C23H18Cl2FN5O/c24-15-6-8-16(9-7-15)31-21(13-5-10-19(26)18(25)11-13)20(23(32)30-28)29-22(31)17-4-2-1-3-14(17)12-27/h1-11H,12,27-28H2,(H,30,32). The molecule has 32 heavy (non-hydrogen) atoms. The van der Waals surface area contributed by atoms with Gasteiger partial charge in [0.25, 0.3) is 5.91 Å². The average molecular weight is 470 g/mol. The average Bonchev–Trinajstić information content (AvgIpc) is 3.21. The largest absolute Gasteiger partial charge is 0.326 e. The van der Waals surface area contributed by atoms with Crippen LogP contribution in [0.4, 0.5) is 4.39 Å². The zero-order valence-corrected chi connectivity index (χ0v) is 18.2. The number of nitrogens with two attached hydrogens (primary N) is 2. The number of aromatic nitrogens is 2. The van der Waals surface area contributed by atoms with E-state index in [-0.39, 0.29) is 17.3 Å². The van der Waals surface area contributed by atoms with Crippen LogP contribution in [-0.2, 0) is 6.54 Å². The van der Waals surface area contributed by atoms with Crippen LogP contribution in [0.15, 0.2) is 66.7 Å². The first-order valence-corrected chi connectivity index (χ1v) is 10.3. The number of imidazole rings is 1. The van der Waals surface area contributed by atoms with Crippen molar-refractivity contribution in [3.63, 3.8) is 0 Å². The van der Waals surface area contributed by atoms with Crippen molar-refractivity contribution < 1.29 is 9.18 Å². The Morgan fingerprint density at radius 3 is 2.44 bits per heavy atom. The monoisotopic (exact) mass is 469 g/mol. The lowest BCUT2D eigenvalue weighted by Gasteiger charge is -2.15. The SMILES string of the molecule is NCc1ccccc1-c1nc(C(=O)NN)c(-c2ccc(F)c(Cl)c2)n1-c1ccc(Cl)cc1. The molecule has 1 aromatic heterocycles. The van der Waals surface area contributed by atoms with Crippen molar-refractivity contribution in [2.75, 3.05) is 0 Å². The van der Waals surface area contributed by atoms with Crippen LogP contribution in [0.1, 0.15) is 16.1 Å². The Bertz CT molecular complexity index is 1300. The van der Waals surface area contributed by atoms with Gasteiger partial charge in [-0.1, -0.05) is 47.5 Å². The molecule has 0 spiro atoms. The molecule has 0 saturated heterocycles. The van der Waals surface area contributed by atoms with Gasteiger partial charge in [0.15, 0.2) is 5.69 Å². The molecule has 1 heterocycles. The number of carbonyl (C=O) groups is 1. The van der Waals surface area contributed by atoms with E-state index < -0.39 is 11.7 Å². The van der Waals surface area contributed by atoms with Crippen LogP contribution < -0.4 is 17.0 Å². The molecule has 3 aromatic carbocycles. The Kier molecular flexibility index (Phi) is 6.25. The van der Waals surface area contributed by atoms with Crippen molar-refractivity contribution in [2.24, 2.45) is 11.6 Å². The van der Waals surface area contributed by atoms with Crippen LogP contribution >= 0.6 is 23.2 Å². The van der Waals surface area contributed by atoms with E-state index in [0.717, 1.165) is 11.1 Å². The molecule has 4 aromatic rings. The Hall–Kier alpha value is -3.23. The normalized spacial score (nSPS) is 10.9. The minimum atomic E-state index is -0.611. The molecule has 0 unspecified atom stereocenters. The van der Waals surface area contributed by atoms with Crippen LogP contribution in [0.25, 0.3) is 28.3 Å². The minimum absolute atomic E-state index is 0.0481. The van der Waals surface area contributed by atoms with Crippen molar-refractivity contribution in [1.82, 2.24) is 15.0 Å². The molecule has 0 fully saturated rings. The first-order valence-electron chi connectivity index (χ1n) is 9.58. The molecule has 6 nitrogen and oxygen atoms in total. The summed E-state index contributed by atoms with van der Waals surface area (Å²) < 4.78 is 15.7. The third kappa shape index (κ3) is 3.99. The smallest absolute Gasteiger partial charge is 0.286 e. The van der Waals surface area contributed by atoms with Gasteiger partial charge in [-0.2, -0.15) is 0 Å². The maximum Gasteiger partial charge on any atom is 0.286 e. The second kappa shape index (κ2) is 9.10. The van der Waals surface area contributed by atoms with Gasteiger partial charge in [-0.15, -0.1) is 0 Å². The lowest BCUT2D eigenvalue weighted by Crippen LogP contribution is -2.30. The predicted molar refractivity (Wildman–Crippen MR) is 124 cm³/mol. The molecular weight excluding hydrogens is 452 g/mol. The van der Waals surface area contributed by atoms with Crippen LogP contribution in [-0.4, -0.2) is 15.5 Å². The summed E-state index contributed by atoms with van der Waals surface area (Å²) in [5.74, 6) is 4.72. The lowest BCUT2D eigenvalue weighted by molar-refractivity contribution is 0.0950. The highest BCUT2D eigenvalue weighted by Gasteiger charge is 2.26. The van der Waals surface area contributed by atoms with Gasteiger partial charge >= 0.3 is 0 Å². The van der Waals surface area contributed by atoms with Crippen molar-refractivity contribution in [1.29, 1.82) is 0 Å². The number of nitrogens with zero attached hydrogens (tertiary/aromatic N) is 2. The molecule has 0 aliphatic heterocycles. The van der Waals surface area contributed by atoms with E-state index in [1.54, 1.807) is 28.8 Å². The number of hydrogen-bond acceptors (Lipinski definition) is 4. The number of benzene rings is 3. The number of carbonyl (C=O) groups excluding carboxylic acids is 1. The highest BCUT2D eigenvalue weighted by Crippen LogP contribution is 2.36. The van der Waals surface area contributed by atoms with Gasteiger partial charge in [0.1, 0.15) is 11.6 Å². The van der Waals surface area contributed by atoms with Gasteiger partial charge in [0.05, 0.1) is 10.7 Å². The summed E-state index contributed by atoms with van der Waals surface area (Å²) in [4.78, 5) is 17.4. The Balaban J connectivity index is 2.13. The second-order valence-electron chi connectivity index (χ2n) is 6.91. The molecule has 0 bridgehead atoms. The van der Waals surface area contributed by atoms with Gasteiger partial charge < -0.3 is 5.73 Å². The zero-order valence-electron chi connectivity index (χ0n) is 16.6. The lowest BCUT2D eigenvalue weighted by atomic mass is 10.1. The van der Waals surface area contributed by atoms with E-state index in [1.165, 1.54) is 18.2 Å². The van der Waals surface area contributed by atoms with Crippen molar-refractivity contribution in [3.05, 3.63) is 93.8 Å². The van der Waals surface area contributed by atoms with Gasteiger partial charge in [0.2, 0.25) is 0 Å². The number of halogens is 3. The van der Waals surface area contributed by atoms with E-state index in [0.29, 0.717) is 27.8 Å². The summed E-state index contributed by atoms with van der Waals surface area (Å²) in [6, 6.07) is 18.7. The Labute approximate surface area is 193 Å². The molecule has 9 heteroatoms. The maximum absolute atomic E-state index is 13.9. The second-order valence-corrected chi connectivity index (χ2v) is 7.75. The highest BCUT2D eigenvalue weighted by molar-refractivity contribution is 6.31. The molecule has 0 atom stereocenters. The molecule has 4 rings (SSSR count). The van der Waals surface area contributed by atoms with E-state index in [4.69, 9.17) is 34.8 Å². The third-order valence-corrected chi connectivity index (χ3v) is 5.52. The summed E-state index contributed by atoms with van der Waals surface area (Å²) in [7, 11) is 0. The Morgan fingerprint density at radius 2 is 1.78 bits per heavy atom. The molecule has 0 saturated carbocycles. The number of nitrogens with one attached hydrogen (secondary N) is 1. The van der Waals surface area contributed by atoms with Crippen molar-refractivity contribution >= 4 is 29.1 Å². The third-order valence-electron chi connectivity index (χ3n) is 4.98. The van der Waals surface area contributed by atoms with Crippen LogP contribution in [0.5, 0.6) is 0 Å². The summed E-state index contributed by atoms with van der Waals surface area (Å²) in [5.41, 5.74) is 11.2. The fraction of sp³-hybridized carbons (Fsp3) is 0.0435. The zero-order chi connectivity index (χ0) is 22.8. The summed E-state index contributed by atoms with van der Waals surface area (Å²) >= 11 is 12.2. The highest BCUT2D eigenvalue weighted by atomic mass is 35.5. The molecule has 0 aliphatic rings. The first-order chi connectivity index (χ1) is 15.4. The Morgan fingerprint density at radius 1 is 1.06 bits per heavy atom. The summed E-state index contributed by atoms with van der Waals surface area (Å²) in [6.45, 7) is 0.264. The number of rotatable bonds is 5. The van der Waals surface area contributed by atoms with E-state index >= 15 is 0 Å². The minimum Gasteiger partial charge on any atom is -0.326 e. The fourth-order valence-electron chi connectivity index (χ4n) is 3.50. The van der Waals surface area contributed by atoms with Gasteiger partial charge in [-0.25, -0.2) is 15.2 Å². The van der Waals surface area contributed by atoms with Crippen LogP contribution in [0.3, 0.4) is 0 Å². The maximum atomic E-state index is 13.9. The number of nitrogen functional groups attached to an aromatic ring is 1. The number of hydrogen-bond donors (Lipinski definition) is 3. The van der Waals surface area contributed by atoms with Crippen LogP contribution in [0, 0.1) is 5.82 Å². The molecule has 0 radical (unpaired) electrons. The van der Waals surface area contributed by atoms with Gasteiger partial charge in [0, 0.05) is 28.4 Å². The topological polar surface area (TPSA) is 99.0 Å². The van der Waals surface area contributed by atoms with Gasteiger partial charge in [-0.3, -0.25) is 14.8 Å².